The lowest BCUT2D eigenvalue weighted by Gasteiger charge is -2.22. The number of nitrogen functional groups attached to an aromatic ring is 1. The number of nitrogens with zero attached hydrogens (tertiary/aromatic N) is 1. The van der Waals surface area contributed by atoms with E-state index in [4.69, 9.17) is 10.5 Å². The highest BCUT2D eigenvalue weighted by molar-refractivity contribution is 5.69. The first-order chi connectivity index (χ1) is 7.54. The minimum absolute atomic E-state index is 0.710. The van der Waals surface area contributed by atoms with Crippen LogP contribution >= 0.6 is 0 Å². The molecular formula is C13H22N2O. The summed E-state index contributed by atoms with van der Waals surface area (Å²) in [5, 5.41) is 0. The van der Waals surface area contributed by atoms with Gasteiger partial charge in [0.15, 0.2) is 0 Å². The van der Waals surface area contributed by atoms with Gasteiger partial charge in [0.2, 0.25) is 0 Å². The molecule has 1 aromatic carbocycles. The van der Waals surface area contributed by atoms with Gasteiger partial charge in [0, 0.05) is 19.7 Å². The van der Waals surface area contributed by atoms with Gasteiger partial charge < -0.3 is 15.4 Å². The van der Waals surface area contributed by atoms with E-state index in [1.54, 1.807) is 7.11 Å². The van der Waals surface area contributed by atoms with Gasteiger partial charge in [0.25, 0.3) is 0 Å². The normalized spacial score (nSPS) is 10.6. The number of methoxy groups -OCH3 is 1. The molecule has 0 spiro atoms. The van der Waals surface area contributed by atoms with Crippen molar-refractivity contribution in [1.29, 1.82) is 0 Å². The highest BCUT2D eigenvalue weighted by Crippen LogP contribution is 2.27. The van der Waals surface area contributed by atoms with E-state index in [1.807, 2.05) is 18.2 Å². The smallest absolute Gasteiger partial charge is 0.121 e. The van der Waals surface area contributed by atoms with Crippen LogP contribution < -0.4 is 15.4 Å². The zero-order valence-corrected chi connectivity index (χ0v) is 10.7. The molecular weight excluding hydrogens is 200 g/mol. The Balaban J connectivity index is 2.71. The maximum Gasteiger partial charge on any atom is 0.121 e. The molecule has 0 unspecified atom stereocenters. The number of anilines is 2. The van der Waals surface area contributed by atoms with Crippen LogP contribution in [0.1, 0.15) is 20.3 Å². The second kappa shape index (κ2) is 5.64. The maximum absolute atomic E-state index is 5.98. The van der Waals surface area contributed by atoms with Crippen LogP contribution in [-0.4, -0.2) is 20.7 Å². The zero-order chi connectivity index (χ0) is 12.1. The van der Waals surface area contributed by atoms with Crippen LogP contribution in [0.25, 0.3) is 0 Å². The van der Waals surface area contributed by atoms with Crippen LogP contribution in [0.2, 0.25) is 0 Å². The molecule has 0 atom stereocenters. The summed E-state index contributed by atoms with van der Waals surface area (Å²) in [7, 11) is 3.72. The lowest BCUT2D eigenvalue weighted by molar-refractivity contribution is 0.415. The Labute approximate surface area is 98.2 Å². The molecule has 16 heavy (non-hydrogen) atoms. The van der Waals surface area contributed by atoms with Crippen molar-refractivity contribution in [3.8, 4) is 5.75 Å². The summed E-state index contributed by atoms with van der Waals surface area (Å²) in [6.07, 6.45) is 1.17. The molecule has 0 aromatic heterocycles. The number of hydrogen-bond donors (Lipinski definition) is 1. The Morgan fingerprint density at radius 3 is 2.56 bits per heavy atom. The van der Waals surface area contributed by atoms with Crippen LogP contribution in [0.4, 0.5) is 11.4 Å². The van der Waals surface area contributed by atoms with Crippen molar-refractivity contribution >= 4 is 11.4 Å². The van der Waals surface area contributed by atoms with Crippen LogP contribution in [0, 0.1) is 5.92 Å². The van der Waals surface area contributed by atoms with Gasteiger partial charge >= 0.3 is 0 Å². The van der Waals surface area contributed by atoms with Gasteiger partial charge in [-0.1, -0.05) is 13.8 Å². The summed E-state index contributed by atoms with van der Waals surface area (Å²) in [4.78, 5) is 2.19. The molecule has 0 aliphatic heterocycles. The molecule has 1 aromatic rings. The van der Waals surface area contributed by atoms with E-state index < -0.39 is 0 Å². The molecule has 0 radical (unpaired) electrons. The fourth-order valence-electron chi connectivity index (χ4n) is 1.58. The first-order valence-corrected chi connectivity index (χ1v) is 5.69. The van der Waals surface area contributed by atoms with Gasteiger partial charge in [0.1, 0.15) is 5.75 Å². The molecule has 90 valence electrons. The molecule has 0 fully saturated rings. The summed E-state index contributed by atoms with van der Waals surface area (Å²) >= 11 is 0. The molecule has 0 saturated carbocycles. The van der Waals surface area contributed by atoms with Crippen molar-refractivity contribution in [2.24, 2.45) is 5.92 Å². The van der Waals surface area contributed by atoms with Crippen molar-refractivity contribution < 1.29 is 4.74 Å². The number of ether oxygens (including phenoxy) is 1. The summed E-state index contributed by atoms with van der Waals surface area (Å²) < 4.78 is 5.13. The Kier molecular flexibility index (Phi) is 4.47. The first-order valence-electron chi connectivity index (χ1n) is 5.69. The van der Waals surface area contributed by atoms with E-state index in [0.717, 1.165) is 23.7 Å². The van der Waals surface area contributed by atoms with Crippen LogP contribution in [0.15, 0.2) is 18.2 Å². The van der Waals surface area contributed by atoms with Crippen molar-refractivity contribution in [3.63, 3.8) is 0 Å². The predicted molar refractivity (Wildman–Crippen MR) is 70.1 cm³/mol. The first kappa shape index (κ1) is 12.7. The number of rotatable bonds is 5. The van der Waals surface area contributed by atoms with Gasteiger partial charge in [-0.05, 0) is 24.5 Å². The highest BCUT2D eigenvalue weighted by Gasteiger charge is 2.06. The summed E-state index contributed by atoms with van der Waals surface area (Å²) in [6.45, 7) is 5.48. The van der Waals surface area contributed by atoms with E-state index in [9.17, 15) is 0 Å². The second-order valence-electron chi connectivity index (χ2n) is 4.53. The van der Waals surface area contributed by atoms with Crippen molar-refractivity contribution in [2.75, 3.05) is 31.3 Å². The van der Waals surface area contributed by atoms with Gasteiger partial charge in [0.05, 0.1) is 18.5 Å². The molecule has 1 rings (SSSR count). The second-order valence-corrected chi connectivity index (χ2v) is 4.53. The van der Waals surface area contributed by atoms with Gasteiger partial charge in [-0.25, -0.2) is 0 Å². The van der Waals surface area contributed by atoms with Gasteiger partial charge in [-0.15, -0.1) is 0 Å². The minimum atomic E-state index is 0.710. The van der Waals surface area contributed by atoms with E-state index in [2.05, 4.69) is 25.8 Å². The molecule has 0 aliphatic carbocycles. The third-order valence-electron chi connectivity index (χ3n) is 2.69. The Bertz CT molecular complexity index is 337. The lowest BCUT2D eigenvalue weighted by Crippen LogP contribution is -2.20. The lowest BCUT2D eigenvalue weighted by atomic mass is 10.1. The van der Waals surface area contributed by atoms with Crippen molar-refractivity contribution in [1.82, 2.24) is 0 Å². The molecule has 0 bridgehead atoms. The molecule has 0 heterocycles. The van der Waals surface area contributed by atoms with E-state index in [1.165, 1.54) is 6.42 Å². The van der Waals surface area contributed by atoms with Gasteiger partial charge in [-0.3, -0.25) is 0 Å². The molecule has 2 N–H and O–H groups in total. The summed E-state index contributed by atoms with van der Waals surface area (Å²) in [5.74, 6) is 1.51. The van der Waals surface area contributed by atoms with Crippen LogP contribution in [0.5, 0.6) is 5.75 Å². The summed E-state index contributed by atoms with van der Waals surface area (Å²) in [6, 6.07) is 5.81. The van der Waals surface area contributed by atoms with Crippen LogP contribution in [0.3, 0.4) is 0 Å². The number of benzene rings is 1. The van der Waals surface area contributed by atoms with E-state index in [0.29, 0.717) is 5.92 Å². The molecule has 0 saturated heterocycles. The molecule has 0 amide bonds. The third kappa shape index (κ3) is 3.33. The third-order valence-corrected chi connectivity index (χ3v) is 2.69. The standard InChI is InChI=1S/C13H22N2O/c1-10(2)7-8-15(3)13-6-5-11(16-4)9-12(13)14/h5-6,9-10H,7-8,14H2,1-4H3. The fourth-order valence-corrected chi connectivity index (χ4v) is 1.58. The Morgan fingerprint density at radius 1 is 1.38 bits per heavy atom. The average Bonchev–Trinajstić information content (AvgIpc) is 2.25. The topological polar surface area (TPSA) is 38.5 Å². The van der Waals surface area contributed by atoms with Crippen LogP contribution in [-0.2, 0) is 0 Å². The van der Waals surface area contributed by atoms with E-state index >= 15 is 0 Å². The molecule has 3 nitrogen and oxygen atoms in total. The quantitative estimate of drug-likeness (QED) is 0.778. The minimum Gasteiger partial charge on any atom is -0.497 e. The fraction of sp³-hybridized carbons (Fsp3) is 0.538. The largest absolute Gasteiger partial charge is 0.497 e. The molecule has 3 heteroatoms. The summed E-state index contributed by atoms with van der Waals surface area (Å²) in [5.41, 5.74) is 7.82. The number of hydrogen-bond acceptors (Lipinski definition) is 3. The number of nitrogens with two attached hydrogens (primary N) is 1. The van der Waals surface area contributed by atoms with Crippen molar-refractivity contribution in [3.05, 3.63) is 18.2 Å². The zero-order valence-electron chi connectivity index (χ0n) is 10.7. The average molecular weight is 222 g/mol. The van der Waals surface area contributed by atoms with Gasteiger partial charge in [-0.2, -0.15) is 0 Å². The van der Waals surface area contributed by atoms with E-state index in [-0.39, 0.29) is 0 Å². The maximum atomic E-state index is 5.98. The monoisotopic (exact) mass is 222 g/mol. The Morgan fingerprint density at radius 2 is 2.06 bits per heavy atom. The van der Waals surface area contributed by atoms with Crippen molar-refractivity contribution in [2.45, 2.75) is 20.3 Å². The SMILES string of the molecule is COc1ccc(N(C)CCC(C)C)c(N)c1. The predicted octanol–water partition coefficient (Wildman–Crippen LogP) is 2.76. The highest BCUT2D eigenvalue weighted by atomic mass is 16.5. The Hall–Kier alpha value is -1.38. The molecule has 0 aliphatic rings.